The molecule has 10 heteroatoms. The molecule has 9 nitrogen and oxygen atoms in total. The summed E-state index contributed by atoms with van der Waals surface area (Å²) in [6, 6.07) is 9.05. The number of nitrogens with two attached hydrogens (primary N) is 1. The van der Waals surface area contributed by atoms with Crippen molar-refractivity contribution in [2.45, 2.75) is 44.8 Å². The zero-order valence-corrected chi connectivity index (χ0v) is 25.6. The number of nitrogen functional groups attached to an aromatic ring is 1. The van der Waals surface area contributed by atoms with Crippen molar-refractivity contribution in [2.75, 3.05) is 43.9 Å². The van der Waals surface area contributed by atoms with Crippen LogP contribution in [0.25, 0.3) is 5.32 Å². The number of aromatic nitrogens is 1. The summed E-state index contributed by atoms with van der Waals surface area (Å²) in [4.78, 5) is 8.77. The molecule has 192 valence electrons. The van der Waals surface area contributed by atoms with E-state index in [1.807, 2.05) is 18.2 Å². The summed E-state index contributed by atoms with van der Waals surface area (Å²) in [5, 5.41) is 31.9. The number of allylic oxidation sites excluding steroid dienone is 1. The van der Waals surface area contributed by atoms with Crippen molar-refractivity contribution < 1.29 is 61.2 Å². The minimum Gasteiger partial charge on any atom is -0.488 e. The van der Waals surface area contributed by atoms with Crippen LogP contribution in [0, 0.1) is 10.8 Å². The maximum atomic E-state index is 10.3. The zero-order chi connectivity index (χ0) is 26.1. The molecule has 5 N–H and O–H groups in total. The smallest absolute Gasteiger partial charge is 0.488 e. The van der Waals surface area contributed by atoms with Gasteiger partial charge in [-0.3, -0.25) is 10.8 Å². The molecule has 0 bridgehead atoms. The van der Waals surface area contributed by atoms with Crippen LogP contribution in [-0.2, 0) is 5.60 Å². The van der Waals surface area contributed by atoms with Crippen molar-refractivity contribution in [3.63, 3.8) is 0 Å². The topological polar surface area (TPSA) is 137 Å². The van der Waals surface area contributed by atoms with Gasteiger partial charge in [-0.25, -0.2) is 4.98 Å². The van der Waals surface area contributed by atoms with Gasteiger partial charge in [-0.15, -0.1) is 0 Å². The Morgan fingerprint density at radius 2 is 1.84 bits per heavy atom. The summed E-state index contributed by atoms with van der Waals surface area (Å²) >= 11 is 0. The van der Waals surface area contributed by atoms with Crippen molar-refractivity contribution in [3.05, 3.63) is 64.9 Å². The molecule has 4 rings (SSSR count). The summed E-state index contributed by atoms with van der Waals surface area (Å²) in [6.07, 6.45) is 5.38. The van der Waals surface area contributed by atoms with Crippen molar-refractivity contribution >= 4 is 22.9 Å². The Bertz CT molecular complexity index is 1180. The van der Waals surface area contributed by atoms with Gasteiger partial charge in [-0.05, 0) is 88.7 Å². The molecule has 0 unspecified atom stereocenters. The Balaban J connectivity index is 0.00000380. The largest absolute Gasteiger partial charge is 1.00 e. The Morgan fingerprint density at radius 1 is 1.16 bits per heavy atom. The second kappa shape index (κ2) is 11.8. The molecule has 37 heavy (non-hydrogen) atoms. The number of nitrogens with one attached hydrogen (secondary N) is 2. The third-order valence-electron chi connectivity index (χ3n) is 6.76. The molecular weight excluding hydrogens is 493 g/mol. The van der Waals surface area contributed by atoms with Crippen molar-refractivity contribution in [3.8, 4) is 5.75 Å². The van der Waals surface area contributed by atoms with Crippen LogP contribution in [0.15, 0.2) is 48.4 Å². The van der Waals surface area contributed by atoms with Crippen LogP contribution >= 0.6 is 0 Å². The molecule has 1 aliphatic heterocycles. The van der Waals surface area contributed by atoms with Crippen LogP contribution in [0.5, 0.6) is 5.75 Å². The molecule has 0 amide bonds. The van der Waals surface area contributed by atoms with E-state index in [2.05, 4.69) is 27.0 Å². The van der Waals surface area contributed by atoms with Gasteiger partial charge in [0.15, 0.2) is 0 Å². The number of hydrogen-bond acceptors (Lipinski definition) is 8. The van der Waals surface area contributed by atoms with Crippen LogP contribution in [0.1, 0.15) is 44.7 Å². The normalized spacial score (nSPS) is 17.1. The number of ether oxygens (including phenoxy) is 1. The number of pyridine rings is 1. The minimum atomic E-state index is -0.924. The van der Waals surface area contributed by atoms with Crippen molar-refractivity contribution in [1.29, 1.82) is 10.8 Å². The number of piperazine rings is 1. The van der Waals surface area contributed by atoms with Crippen LogP contribution in [-0.4, -0.2) is 65.2 Å². The maximum absolute atomic E-state index is 10.3. The van der Waals surface area contributed by atoms with E-state index >= 15 is 0 Å². The third-order valence-corrected chi connectivity index (χ3v) is 6.76. The molecule has 1 aromatic heterocycles. The molecule has 2 heterocycles. The van der Waals surface area contributed by atoms with E-state index in [9.17, 15) is 5.11 Å². The average Bonchev–Trinajstić information content (AvgIpc) is 3.59. The van der Waals surface area contributed by atoms with Gasteiger partial charge in [-0.1, -0.05) is 12.9 Å². The summed E-state index contributed by atoms with van der Waals surface area (Å²) in [7, 11) is 1.70. The van der Waals surface area contributed by atoms with Gasteiger partial charge in [-0.2, -0.15) is 0 Å². The molecule has 1 aromatic carbocycles. The standard InChI is InChI=1S/C27H36N7O2.K/c1-26(2,35)18-7-10-32-24(15-18)34-13-11-33(12-14-34)23(31-4)17-22(29)25(30)20-16-19(5-6-21(20)28)36-27(3)8-9-27;/h5-7,10,15-17,29-30,35H,8-9,11-14,28H2,1-4H3;/q-1;+1/b23-17+,29-22?,30-25?;. The Kier molecular flexibility index (Phi) is 9.47. The van der Waals surface area contributed by atoms with E-state index in [4.69, 9.17) is 21.3 Å². The predicted octanol–water partition coefficient (Wildman–Crippen LogP) is 0.881. The molecule has 1 saturated carbocycles. The van der Waals surface area contributed by atoms with Crippen molar-refractivity contribution in [2.24, 2.45) is 0 Å². The number of aliphatic hydroxyl groups is 1. The molecule has 0 atom stereocenters. The number of hydrogen-bond donors (Lipinski definition) is 4. The first-order valence-corrected chi connectivity index (χ1v) is 12.3. The van der Waals surface area contributed by atoms with E-state index in [-0.39, 0.29) is 68.4 Å². The molecule has 2 fully saturated rings. The monoisotopic (exact) mass is 529 g/mol. The first-order valence-electron chi connectivity index (χ1n) is 12.3. The van der Waals surface area contributed by atoms with Crippen LogP contribution < -0.4 is 66.8 Å². The number of anilines is 2. The number of nitrogens with zero attached hydrogens (tertiary/aromatic N) is 4. The first-order chi connectivity index (χ1) is 17.0. The second-order valence-electron chi connectivity index (χ2n) is 10.3. The SMILES string of the molecule is C[N-]/C(=C\C(=N)C(=N)c1cc(OC2(C)CC2)ccc1N)N1CCN(c2cc(C(C)(C)O)ccn2)CC1.[K+]. The molecule has 0 spiro atoms. The quantitative estimate of drug-likeness (QED) is 0.216. The van der Waals surface area contributed by atoms with E-state index < -0.39 is 5.60 Å². The third kappa shape index (κ3) is 7.33. The molecule has 2 aliphatic rings. The van der Waals surface area contributed by atoms with Crippen LogP contribution in [0.3, 0.4) is 0 Å². The number of rotatable bonds is 9. The molecule has 1 aliphatic carbocycles. The summed E-state index contributed by atoms with van der Waals surface area (Å²) < 4.78 is 6.02. The summed E-state index contributed by atoms with van der Waals surface area (Å²) in [6.45, 7) is 8.44. The molecule has 0 radical (unpaired) electrons. The van der Waals surface area contributed by atoms with Gasteiger partial charge >= 0.3 is 51.4 Å². The van der Waals surface area contributed by atoms with Crippen LogP contribution in [0.4, 0.5) is 11.5 Å². The van der Waals surface area contributed by atoms with Gasteiger partial charge in [0.05, 0.1) is 17.0 Å². The van der Waals surface area contributed by atoms with E-state index in [0.29, 0.717) is 35.9 Å². The van der Waals surface area contributed by atoms with Crippen LogP contribution in [0.2, 0.25) is 0 Å². The van der Waals surface area contributed by atoms with Gasteiger partial charge in [0.25, 0.3) is 0 Å². The molecule has 2 aromatic rings. The van der Waals surface area contributed by atoms with Crippen molar-refractivity contribution in [1.82, 2.24) is 9.88 Å². The number of benzene rings is 1. The fourth-order valence-corrected chi connectivity index (χ4v) is 4.16. The summed E-state index contributed by atoms with van der Waals surface area (Å²) in [5.41, 5.74) is 6.91. The fourth-order valence-electron chi connectivity index (χ4n) is 4.16. The van der Waals surface area contributed by atoms with Gasteiger partial charge < -0.3 is 30.7 Å². The Labute approximate surface area is 261 Å². The zero-order valence-electron chi connectivity index (χ0n) is 22.5. The van der Waals surface area contributed by atoms with Gasteiger partial charge in [0.1, 0.15) is 17.2 Å². The predicted molar refractivity (Wildman–Crippen MR) is 144 cm³/mol. The molecule has 1 saturated heterocycles. The Morgan fingerprint density at radius 3 is 2.43 bits per heavy atom. The minimum absolute atomic E-state index is 0. The van der Waals surface area contributed by atoms with Gasteiger partial charge in [0.2, 0.25) is 0 Å². The van der Waals surface area contributed by atoms with E-state index in [0.717, 1.165) is 37.3 Å². The maximum Gasteiger partial charge on any atom is 1.00 e. The molecular formula is C27H36KN7O2. The Hall–Kier alpha value is -1.95. The van der Waals surface area contributed by atoms with E-state index in [1.165, 1.54) is 0 Å². The first kappa shape index (κ1) is 29.6. The summed E-state index contributed by atoms with van der Waals surface area (Å²) in [5.74, 6) is 2.15. The van der Waals surface area contributed by atoms with E-state index in [1.54, 1.807) is 45.3 Å². The second-order valence-corrected chi connectivity index (χ2v) is 10.3. The average molecular weight is 530 g/mol. The van der Waals surface area contributed by atoms with Gasteiger partial charge in [0, 0.05) is 30.5 Å². The fraction of sp³-hybridized carbons (Fsp3) is 0.444.